The Labute approximate surface area is 673 Å². The van der Waals surface area contributed by atoms with Crippen LogP contribution in [0, 0.1) is 0 Å². The van der Waals surface area contributed by atoms with Crippen LogP contribution in [-0.2, 0) is 16.2 Å². The Morgan fingerprint density at radius 2 is 0.614 bits per heavy atom. The largest absolute Gasteiger partial charge is 0.335 e. The zero-order valence-electron chi connectivity index (χ0n) is 66.3. The minimum atomic E-state index is 0.0418. The Morgan fingerprint density at radius 3 is 1.12 bits per heavy atom. The summed E-state index contributed by atoms with van der Waals surface area (Å²) in [6, 6.07) is 114. The van der Waals surface area contributed by atoms with Crippen LogP contribution in [0.2, 0.25) is 0 Å². The predicted molar refractivity (Wildman–Crippen MR) is 485 cm³/mol. The molecule has 0 aromatic heterocycles. The van der Waals surface area contributed by atoms with E-state index in [0.717, 1.165) is 0 Å². The van der Waals surface area contributed by atoms with Crippen LogP contribution in [0.3, 0.4) is 0 Å². The lowest BCUT2D eigenvalue weighted by Gasteiger charge is -2.51. The van der Waals surface area contributed by atoms with Gasteiger partial charge in [0.25, 0.3) is 0 Å². The van der Waals surface area contributed by atoms with Gasteiger partial charge in [0, 0.05) is 84.2 Å². The van der Waals surface area contributed by atoms with Crippen molar-refractivity contribution in [2.24, 2.45) is 0 Å². The first kappa shape index (κ1) is 67.1. The predicted octanol–water partition coefficient (Wildman–Crippen LogP) is 20.8. The topological polar surface area (TPSA) is 16.2 Å². The van der Waals surface area contributed by atoms with Gasteiger partial charge in [-0.25, -0.2) is 0 Å². The number of benzene rings is 14. The average Bonchev–Trinajstić information content (AvgIpc) is 1.51. The maximum atomic E-state index is 2.82. The van der Waals surface area contributed by atoms with Gasteiger partial charge < -0.3 is 24.5 Å². The number of rotatable bonds is 6. The van der Waals surface area contributed by atoms with E-state index in [1.54, 1.807) is 22.2 Å². The van der Waals surface area contributed by atoms with E-state index in [9.17, 15) is 0 Å². The van der Waals surface area contributed by atoms with Crippen LogP contribution >= 0.6 is 0 Å². The molecule has 8 heteroatoms. The molecule has 3 fully saturated rings. The Bertz CT molecular complexity index is 6370. The van der Waals surface area contributed by atoms with E-state index < -0.39 is 0 Å². The van der Waals surface area contributed by atoms with Crippen LogP contribution in [0.1, 0.15) is 135 Å². The van der Waals surface area contributed by atoms with Crippen LogP contribution in [-0.4, -0.2) is 36.8 Å². The summed E-state index contributed by atoms with van der Waals surface area (Å²) in [7, 11) is 0. The highest BCUT2D eigenvalue weighted by atomic mass is 15.3. The molecule has 6 atom stereocenters. The summed E-state index contributed by atoms with van der Waals surface area (Å²) >= 11 is 0. The first-order valence-corrected chi connectivity index (χ1v) is 42.6. The SMILES string of the molecule is CC12CCCCC1(C)N1c3cc(N(c4ccccc4)c4ccccc4)cc4c3B(c3ccccc3-4)c3cccc2c31.CC12CCCCC1(C)N1c3cccc4c3B(c3ccc(N(c5ccccc5)c5cccc6ccccc56)cc3-4)c3cccc2c31.CC12CCCCC1(C)N1c3cccc4c3B(c3ccccc3-4)c3cccc2c31. The first-order chi connectivity index (χ1) is 55.8. The van der Waals surface area contributed by atoms with Gasteiger partial charge in [0.15, 0.2) is 0 Å². The second-order valence-corrected chi connectivity index (χ2v) is 36.5. The standard InChI is InChI=1S/C42H35BN2.C38H33BN2.C26H24BN/c1-41-25-8-9-26-42(41,2)45-38-22-11-18-32-33-27-30(23-24-35(33)43(39(32)38)36-20-12-19-34(41)40(36)45)44(29-15-4-3-5-16-29)37-21-10-14-28-13-6-7-17-31(28)37;1-37-22-11-12-23-38(37,2)41-34-25-28(40(26-14-5-3-6-15-26)27-16-7-4-8-17-27)24-30-29-18-9-10-20-32(29)39(35(30)34)33-21-13-19-31(37)36(33)41;1-25-15-5-6-16-26(25,2)28-22-14-7-10-18-17-9-3-4-12-20(17)27(23(18)22)21-13-8-11-19(25)24(21)28/h3-7,10-24,27H,8-9,25-26H2,1-2H3;3-10,13-21,24-25H,11-12,22-23H2,1-2H3;3-4,7-14H,5-6,15-16H2,1-2H3. The molecule has 5 nitrogen and oxygen atoms in total. The number of fused-ring (bicyclic) bond motifs is 25. The Hall–Kier alpha value is -11.5. The summed E-state index contributed by atoms with van der Waals surface area (Å²) in [6.07, 6.45) is 15.5. The van der Waals surface area contributed by atoms with Crippen molar-refractivity contribution in [3.63, 3.8) is 0 Å². The van der Waals surface area contributed by atoms with Gasteiger partial charge in [-0.2, -0.15) is 0 Å². The molecule has 114 heavy (non-hydrogen) atoms. The van der Waals surface area contributed by atoms with Gasteiger partial charge in [0.1, 0.15) is 0 Å². The molecule has 550 valence electrons. The van der Waals surface area contributed by atoms with E-state index in [1.165, 1.54) is 233 Å². The molecule has 0 amide bonds. The zero-order chi connectivity index (χ0) is 75.9. The van der Waals surface area contributed by atoms with Crippen molar-refractivity contribution in [2.45, 2.75) is 151 Å². The lowest BCUT2D eigenvalue weighted by molar-refractivity contribution is 0.195. The smallest absolute Gasteiger partial charge is 0.248 e. The summed E-state index contributed by atoms with van der Waals surface area (Å²) in [5, 5.41) is 2.51. The normalized spacial score (nSPS) is 23.6. The number of anilines is 12. The summed E-state index contributed by atoms with van der Waals surface area (Å²) in [5.74, 6) is 0. The lowest BCUT2D eigenvalue weighted by atomic mass is 9.37. The van der Waals surface area contributed by atoms with Crippen molar-refractivity contribution in [2.75, 3.05) is 24.5 Å². The molecule has 3 aliphatic carbocycles. The maximum absolute atomic E-state index is 2.82. The van der Waals surface area contributed by atoms with Crippen molar-refractivity contribution >= 4 is 148 Å². The summed E-state index contributed by atoms with van der Waals surface area (Å²) in [6.45, 7) is 16.2. The van der Waals surface area contributed by atoms with Gasteiger partial charge in [-0.15, -0.1) is 0 Å². The van der Waals surface area contributed by atoms with Crippen LogP contribution < -0.4 is 73.7 Å². The third-order valence-electron chi connectivity index (χ3n) is 31.6. The minimum Gasteiger partial charge on any atom is -0.335 e. The van der Waals surface area contributed by atoms with Gasteiger partial charge in [0.05, 0.1) is 22.3 Å². The molecule has 0 saturated heterocycles. The Kier molecular flexibility index (Phi) is 14.2. The average molecular weight is 1470 g/mol. The number of para-hydroxylation sites is 6. The minimum absolute atomic E-state index is 0.0418. The second kappa shape index (κ2) is 24.1. The van der Waals surface area contributed by atoms with Gasteiger partial charge in [-0.3, -0.25) is 0 Å². The Balaban J connectivity index is 0.000000101. The molecule has 0 radical (unpaired) electrons. The zero-order valence-corrected chi connectivity index (χ0v) is 66.3. The van der Waals surface area contributed by atoms with Gasteiger partial charge >= 0.3 is 0 Å². The monoisotopic (exact) mass is 1470 g/mol. The summed E-state index contributed by atoms with van der Waals surface area (Å²) < 4.78 is 0. The fraction of sp³-hybridized carbons (Fsp3) is 0.226. The molecular formula is C106H92B3N5. The van der Waals surface area contributed by atoms with E-state index in [0.29, 0.717) is 6.71 Å². The van der Waals surface area contributed by atoms with Crippen molar-refractivity contribution in [1.29, 1.82) is 0 Å². The van der Waals surface area contributed by atoms with Crippen LogP contribution in [0.5, 0.6) is 0 Å². The number of hydrogen-bond donors (Lipinski definition) is 0. The van der Waals surface area contributed by atoms with Crippen molar-refractivity contribution in [1.82, 2.24) is 0 Å². The lowest BCUT2D eigenvalue weighted by Crippen LogP contribution is -2.60. The van der Waals surface area contributed by atoms with Crippen molar-refractivity contribution in [3.8, 4) is 33.4 Å². The third-order valence-corrected chi connectivity index (χ3v) is 31.6. The molecule has 0 bridgehead atoms. The van der Waals surface area contributed by atoms with Gasteiger partial charge in [-0.05, 0) is 226 Å². The quantitative estimate of drug-likeness (QED) is 0.154. The molecule has 14 aromatic carbocycles. The van der Waals surface area contributed by atoms with E-state index in [2.05, 4.69) is 369 Å². The van der Waals surface area contributed by atoms with Gasteiger partial charge in [-0.1, -0.05) is 300 Å². The van der Waals surface area contributed by atoms with Crippen molar-refractivity contribution < 1.29 is 0 Å². The molecule has 0 N–H and O–H groups in total. The number of nitrogens with zero attached hydrogens (tertiary/aromatic N) is 5. The highest BCUT2D eigenvalue weighted by molar-refractivity contribution is 7.03. The van der Waals surface area contributed by atoms with Crippen LogP contribution in [0.15, 0.2) is 303 Å². The third kappa shape index (κ3) is 8.59. The molecule has 6 unspecified atom stereocenters. The van der Waals surface area contributed by atoms with Crippen LogP contribution in [0.4, 0.5) is 68.2 Å². The highest BCUT2D eigenvalue weighted by Gasteiger charge is 2.65. The molecule has 0 spiro atoms. The molecule has 9 heterocycles. The number of hydrogen-bond acceptors (Lipinski definition) is 5. The molecule has 9 aliphatic heterocycles. The molecule has 26 rings (SSSR count). The Morgan fingerprint density at radius 1 is 0.254 bits per heavy atom. The molecular weight excluding hydrogens is 1380 g/mol. The molecule has 12 aliphatic rings. The molecule has 3 saturated carbocycles. The fourth-order valence-corrected chi connectivity index (χ4v) is 25.8. The summed E-state index contributed by atoms with van der Waals surface area (Å²) in [4.78, 5) is 13.3. The van der Waals surface area contributed by atoms with Gasteiger partial charge in [0.2, 0.25) is 20.1 Å². The maximum Gasteiger partial charge on any atom is 0.248 e. The van der Waals surface area contributed by atoms with E-state index in [4.69, 9.17) is 0 Å². The van der Waals surface area contributed by atoms with E-state index in [-0.39, 0.29) is 46.3 Å². The van der Waals surface area contributed by atoms with E-state index in [1.807, 2.05) is 0 Å². The molecule has 14 aromatic rings. The van der Waals surface area contributed by atoms with Crippen LogP contribution in [0.25, 0.3) is 44.2 Å². The second-order valence-electron chi connectivity index (χ2n) is 36.5. The van der Waals surface area contributed by atoms with E-state index >= 15 is 0 Å². The van der Waals surface area contributed by atoms with Crippen molar-refractivity contribution in [3.05, 3.63) is 320 Å². The first-order valence-electron chi connectivity index (χ1n) is 42.6. The fourth-order valence-electron chi connectivity index (χ4n) is 25.8. The summed E-state index contributed by atoms with van der Waals surface area (Å²) in [5.41, 5.74) is 43.3. The highest BCUT2D eigenvalue weighted by Crippen LogP contribution is 2.65.